The second-order valence-electron chi connectivity index (χ2n) is 7.68. The zero-order valence-corrected chi connectivity index (χ0v) is 17.2. The van der Waals surface area contributed by atoms with E-state index in [2.05, 4.69) is 34.4 Å². The molecule has 0 unspecified atom stereocenters. The lowest BCUT2D eigenvalue weighted by Crippen LogP contribution is -2.27. The van der Waals surface area contributed by atoms with Gasteiger partial charge in [0.1, 0.15) is 23.4 Å². The van der Waals surface area contributed by atoms with Gasteiger partial charge in [-0.05, 0) is 30.5 Å². The number of aryl methyl sites for hydroxylation is 1. The van der Waals surface area contributed by atoms with Crippen molar-refractivity contribution in [1.29, 1.82) is 0 Å². The summed E-state index contributed by atoms with van der Waals surface area (Å²) in [7, 11) is 2.07. The topological polar surface area (TPSA) is 101 Å². The number of primary amides is 1. The number of carbonyl (C=O) groups excluding carboxylic acids is 1. The van der Waals surface area contributed by atoms with Gasteiger partial charge < -0.3 is 16.0 Å². The van der Waals surface area contributed by atoms with Crippen molar-refractivity contribution in [2.45, 2.75) is 19.4 Å². The Morgan fingerprint density at radius 3 is 2.77 bits per heavy atom. The first kappa shape index (κ1) is 19.0. The monoisotopic (exact) mass is 413 g/mol. The van der Waals surface area contributed by atoms with Gasteiger partial charge in [-0.3, -0.25) is 9.20 Å². The molecule has 8 nitrogen and oxygen atoms in total. The van der Waals surface area contributed by atoms with Gasteiger partial charge in [0.05, 0.1) is 11.2 Å². The summed E-state index contributed by atoms with van der Waals surface area (Å²) in [6, 6.07) is 15.6. The van der Waals surface area contributed by atoms with Crippen molar-refractivity contribution in [2.75, 3.05) is 23.8 Å². The summed E-state index contributed by atoms with van der Waals surface area (Å²) < 4.78 is 1.68. The molecule has 1 amide bonds. The standard InChI is InChI=1S/C23H23N7O/c1-29-12-6-9-16-20(29)23(25-13-15-7-3-2-4-8-15)28-22(27-16)19-17-10-5-11-18(21(24)31)30(17)14-26-19/h2-5,7-8,10-11,14H,6,9,12-13H2,1H3,(H2,24,31)(H,25,27,28). The van der Waals surface area contributed by atoms with Crippen molar-refractivity contribution >= 4 is 22.9 Å². The Kier molecular flexibility index (Phi) is 4.74. The van der Waals surface area contributed by atoms with Gasteiger partial charge >= 0.3 is 0 Å². The summed E-state index contributed by atoms with van der Waals surface area (Å²) in [5, 5.41) is 3.50. The van der Waals surface area contributed by atoms with Crippen LogP contribution < -0.4 is 16.0 Å². The highest BCUT2D eigenvalue weighted by atomic mass is 16.1. The van der Waals surface area contributed by atoms with E-state index in [4.69, 9.17) is 15.7 Å². The van der Waals surface area contributed by atoms with E-state index in [0.717, 1.165) is 42.1 Å². The van der Waals surface area contributed by atoms with Gasteiger partial charge in [0.15, 0.2) is 11.6 Å². The third kappa shape index (κ3) is 3.46. The Balaban J connectivity index is 1.61. The highest BCUT2D eigenvalue weighted by Crippen LogP contribution is 2.34. The fraction of sp³-hybridized carbons (Fsp3) is 0.217. The zero-order chi connectivity index (χ0) is 21.4. The molecule has 156 valence electrons. The fourth-order valence-electron chi connectivity index (χ4n) is 4.08. The quantitative estimate of drug-likeness (QED) is 0.522. The highest BCUT2D eigenvalue weighted by molar-refractivity contribution is 5.93. The molecule has 31 heavy (non-hydrogen) atoms. The number of nitrogens with zero attached hydrogens (tertiary/aromatic N) is 5. The molecule has 4 aromatic rings. The number of rotatable bonds is 5. The summed E-state index contributed by atoms with van der Waals surface area (Å²) in [5.41, 5.74) is 10.5. The van der Waals surface area contributed by atoms with Crippen molar-refractivity contribution in [3.8, 4) is 11.5 Å². The second kappa shape index (κ2) is 7.71. The molecule has 3 N–H and O–H groups in total. The molecule has 0 saturated carbocycles. The van der Waals surface area contributed by atoms with Crippen LogP contribution in [0.1, 0.15) is 28.2 Å². The van der Waals surface area contributed by atoms with Crippen molar-refractivity contribution in [3.05, 3.63) is 71.8 Å². The summed E-state index contributed by atoms with van der Waals surface area (Å²) >= 11 is 0. The fourth-order valence-corrected chi connectivity index (χ4v) is 4.08. The Labute approximate surface area is 179 Å². The van der Waals surface area contributed by atoms with Crippen molar-refractivity contribution in [3.63, 3.8) is 0 Å². The number of pyridine rings is 1. The van der Waals surface area contributed by atoms with Crippen LogP contribution in [0.4, 0.5) is 11.5 Å². The van der Waals surface area contributed by atoms with Crippen molar-refractivity contribution < 1.29 is 4.79 Å². The molecule has 5 rings (SSSR count). The maximum atomic E-state index is 11.8. The molecule has 0 radical (unpaired) electrons. The average molecular weight is 413 g/mol. The van der Waals surface area contributed by atoms with E-state index in [9.17, 15) is 4.79 Å². The lowest BCUT2D eigenvalue weighted by molar-refractivity contribution is 0.0994. The Bertz CT molecular complexity index is 1270. The molecule has 3 aromatic heterocycles. The van der Waals surface area contributed by atoms with E-state index in [1.54, 1.807) is 22.9 Å². The molecule has 1 aromatic carbocycles. The number of hydrogen-bond donors (Lipinski definition) is 2. The maximum Gasteiger partial charge on any atom is 0.265 e. The molecule has 0 saturated heterocycles. The molecule has 8 heteroatoms. The Hall–Kier alpha value is -3.94. The van der Waals surface area contributed by atoms with Gasteiger partial charge in [-0.15, -0.1) is 0 Å². The van der Waals surface area contributed by atoms with Crippen LogP contribution in [-0.4, -0.2) is 38.9 Å². The molecule has 0 aliphatic carbocycles. The van der Waals surface area contributed by atoms with Gasteiger partial charge in [-0.25, -0.2) is 15.0 Å². The van der Waals surface area contributed by atoms with E-state index in [1.807, 2.05) is 24.3 Å². The lowest BCUT2D eigenvalue weighted by atomic mass is 10.1. The first-order valence-electron chi connectivity index (χ1n) is 10.3. The van der Waals surface area contributed by atoms with Crippen molar-refractivity contribution in [2.24, 2.45) is 5.73 Å². The number of benzene rings is 1. The van der Waals surface area contributed by atoms with Gasteiger partial charge in [0.2, 0.25) is 0 Å². The number of carbonyl (C=O) groups is 1. The molecule has 1 aliphatic rings. The Morgan fingerprint density at radius 1 is 1.13 bits per heavy atom. The highest BCUT2D eigenvalue weighted by Gasteiger charge is 2.24. The summed E-state index contributed by atoms with van der Waals surface area (Å²) in [6.07, 6.45) is 3.51. The Morgan fingerprint density at radius 2 is 1.97 bits per heavy atom. The predicted molar refractivity (Wildman–Crippen MR) is 120 cm³/mol. The molecular formula is C23H23N7O. The van der Waals surface area contributed by atoms with E-state index < -0.39 is 5.91 Å². The maximum absolute atomic E-state index is 11.8. The normalized spacial score (nSPS) is 13.3. The molecule has 0 spiro atoms. The van der Waals surface area contributed by atoms with E-state index in [-0.39, 0.29) is 0 Å². The molecule has 4 heterocycles. The number of nitrogens with two attached hydrogens (primary N) is 1. The zero-order valence-electron chi connectivity index (χ0n) is 17.2. The third-order valence-electron chi connectivity index (χ3n) is 5.58. The molecule has 1 aliphatic heterocycles. The van der Waals surface area contributed by atoms with Crippen LogP contribution in [-0.2, 0) is 13.0 Å². The molecular weight excluding hydrogens is 390 g/mol. The molecule has 0 atom stereocenters. The van der Waals surface area contributed by atoms with Gasteiger partial charge in [-0.1, -0.05) is 36.4 Å². The van der Waals surface area contributed by atoms with Crippen LogP contribution in [0.3, 0.4) is 0 Å². The van der Waals surface area contributed by atoms with Gasteiger partial charge in [0.25, 0.3) is 5.91 Å². The number of nitrogens with one attached hydrogen (secondary N) is 1. The average Bonchev–Trinajstić information content (AvgIpc) is 3.22. The van der Waals surface area contributed by atoms with Crippen LogP contribution in [0.15, 0.2) is 54.9 Å². The van der Waals surface area contributed by atoms with Gasteiger partial charge in [-0.2, -0.15) is 0 Å². The number of hydrogen-bond acceptors (Lipinski definition) is 6. The first-order valence-corrected chi connectivity index (χ1v) is 10.3. The van der Waals surface area contributed by atoms with Crippen LogP contribution in [0.25, 0.3) is 17.0 Å². The smallest absolute Gasteiger partial charge is 0.265 e. The minimum Gasteiger partial charge on any atom is -0.370 e. The minimum absolute atomic E-state index is 0.372. The van der Waals surface area contributed by atoms with E-state index >= 15 is 0 Å². The number of anilines is 2. The van der Waals surface area contributed by atoms with Crippen LogP contribution in [0, 0.1) is 0 Å². The van der Waals surface area contributed by atoms with Gasteiger partial charge in [0, 0.05) is 20.1 Å². The van der Waals surface area contributed by atoms with Crippen LogP contribution >= 0.6 is 0 Å². The van der Waals surface area contributed by atoms with Crippen LogP contribution in [0.2, 0.25) is 0 Å². The number of amides is 1. The first-order chi connectivity index (χ1) is 15.1. The number of aromatic nitrogens is 4. The summed E-state index contributed by atoms with van der Waals surface area (Å²) in [5.74, 6) is 0.819. The molecule has 0 bridgehead atoms. The minimum atomic E-state index is -0.507. The third-order valence-corrected chi connectivity index (χ3v) is 5.58. The van der Waals surface area contributed by atoms with Crippen molar-refractivity contribution in [1.82, 2.24) is 19.4 Å². The second-order valence-corrected chi connectivity index (χ2v) is 7.68. The largest absolute Gasteiger partial charge is 0.370 e. The number of fused-ring (bicyclic) bond motifs is 2. The summed E-state index contributed by atoms with van der Waals surface area (Å²) in [4.78, 5) is 28.2. The van der Waals surface area contributed by atoms with Crippen LogP contribution in [0.5, 0.6) is 0 Å². The number of imidazole rings is 1. The molecule has 0 fully saturated rings. The predicted octanol–water partition coefficient (Wildman–Crippen LogP) is 2.88. The SMILES string of the molecule is CN1CCCc2nc(-c3ncn4c(C(N)=O)cccc34)nc(NCc3ccccc3)c21. The lowest BCUT2D eigenvalue weighted by Gasteiger charge is -2.29. The van der Waals surface area contributed by atoms with E-state index in [0.29, 0.717) is 23.8 Å². The van der Waals surface area contributed by atoms with E-state index in [1.165, 1.54) is 5.56 Å². The summed E-state index contributed by atoms with van der Waals surface area (Å²) in [6.45, 7) is 1.62.